The lowest BCUT2D eigenvalue weighted by molar-refractivity contribution is -0.117. The number of benzene rings is 3. The summed E-state index contributed by atoms with van der Waals surface area (Å²) in [6.07, 6.45) is -0.614. The third-order valence-corrected chi connectivity index (χ3v) is 7.29. The first kappa shape index (κ1) is 27.4. The van der Waals surface area contributed by atoms with E-state index in [0.717, 1.165) is 0 Å². The molecule has 12 heteroatoms. The van der Waals surface area contributed by atoms with E-state index in [-0.39, 0.29) is 10.6 Å². The Labute approximate surface area is 237 Å². The van der Waals surface area contributed by atoms with Crippen molar-refractivity contribution in [3.8, 4) is 5.75 Å². The lowest BCUT2D eigenvalue weighted by atomic mass is 10.1. The lowest BCUT2D eigenvalue weighted by Crippen LogP contribution is -2.22. The Balaban J connectivity index is 1.45. The largest absolute Gasteiger partial charge is 0.412 e. The number of anilines is 2. The van der Waals surface area contributed by atoms with Crippen molar-refractivity contribution >= 4 is 87.3 Å². The van der Waals surface area contributed by atoms with Crippen LogP contribution in [-0.2, 0) is 4.79 Å². The third-order valence-electron chi connectivity index (χ3n) is 5.59. The predicted molar refractivity (Wildman–Crippen MR) is 147 cm³/mol. The van der Waals surface area contributed by atoms with E-state index in [0.29, 0.717) is 32.7 Å². The van der Waals surface area contributed by atoms with Gasteiger partial charge in [0, 0.05) is 34.4 Å². The van der Waals surface area contributed by atoms with E-state index >= 15 is 0 Å². The summed E-state index contributed by atoms with van der Waals surface area (Å²) >= 11 is 31.2. The average molecular weight is 602 g/mol. The highest BCUT2D eigenvalue weighted by Gasteiger charge is 2.67. The van der Waals surface area contributed by atoms with Crippen molar-refractivity contribution in [1.29, 1.82) is 0 Å². The zero-order chi connectivity index (χ0) is 26.9. The van der Waals surface area contributed by atoms with Gasteiger partial charge in [0.05, 0.1) is 16.5 Å². The van der Waals surface area contributed by atoms with Gasteiger partial charge in [0.2, 0.25) is 5.91 Å². The number of hydrogen-bond donors (Lipinski definition) is 3. The molecule has 0 saturated heterocycles. The highest BCUT2D eigenvalue weighted by Crippen LogP contribution is 2.65. The van der Waals surface area contributed by atoms with Crippen molar-refractivity contribution in [1.82, 2.24) is 5.32 Å². The molecule has 0 radical (unpaired) electrons. The Morgan fingerprint density at radius 3 is 2.08 bits per heavy atom. The lowest BCUT2D eigenvalue weighted by Gasteiger charge is -2.11. The zero-order valence-corrected chi connectivity index (χ0v) is 22.7. The molecule has 3 aromatic rings. The van der Waals surface area contributed by atoms with Crippen molar-refractivity contribution in [3.05, 3.63) is 86.9 Å². The zero-order valence-electron chi connectivity index (χ0n) is 19.0. The normalized spacial score (nSPS) is 17.5. The maximum Gasteiger partial charge on any atom is 0.412 e. The Morgan fingerprint density at radius 2 is 1.46 bits per heavy atom. The first-order valence-corrected chi connectivity index (χ1v) is 12.6. The summed E-state index contributed by atoms with van der Waals surface area (Å²) in [5.74, 6) is -1.94. The van der Waals surface area contributed by atoms with Gasteiger partial charge in [-0.15, -0.1) is 23.2 Å². The van der Waals surface area contributed by atoms with Crippen LogP contribution in [0.25, 0.3) is 0 Å². The van der Waals surface area contributed by atoms with E-state index in [4.69, 9.17) is 62.7 Å². The van der Waals surface area contributed by atoms with Crippen molar-refractivity contribution in [2.75, 3.05) is 17.7 Å². The fourth-order valence-corrected chi connectivity index (χ4v) is 5.36. The van der Waals surface area contributed by atoms with Gasteiger partial charge in [-0.2, -0.15) is 0 Å². The van der Waals surface area contributed by atoms with Crippen LogP contribution in [0.5, 0.6) is 5.75 Å². The molecule has 7 nitrogen and oxygen atoms in total. The van der Waals surface area contributed by atoms with Gasteiger partial charge < -0.3 is 20.7 Å². The molecule has 4 rings (SSSR count). The number of carbonyl (C=O) groups is 3. The summed E-state index contributed by atoms with van der Waals surface area (Å²) in [6, 6.07) is 15.5. The number of alkyl halides is 2. The molecule has 2 unspecified atom stereocenters. The second-order valence-electron chi connectivity index (χ2n) is 8.13. The van der Waals surface area contributed by atoms with Crippen LogP contribution in [0.1, 0.15) is 21.8 Å². The van der Waals surface area contributed by atoms with Crippen molar-refractivity contribution < 1.29 is 19.1 Å². The minimum absolute atomic E-state index is 0.127. The molecule has 1 saturated carbocycles. The molecule has 1 aliphatic rings. The number of nitrogens with one attached hydrogen (secondary N) is 3. The molecule has 1 aliphatic carbocycles. The second-order valence-corrected chi connectivity index (χ2v) is 10.9. The number of hydrogen-bond acceptors (Lipinski definition) is 4. The van der Waals surface area contributed by atoms with E-state index < -0.39 is 34.1 Å². The van der Waals surface area contributed by atoms with E-state index in [9.17, 15) is 14.4 Å². The molecule has 0 spiro atoms. The number of halogens is 5. The van der Waals surface area contributed by atoms with Crippen LogP contribution in [0.2, 0.25) is 15.1 Å². The molecule has 192 valence electrons. The summed E-state index contributed by atoms with van der Waals surface area (Å²) in [5.41, 5.74) is 1.54. The van der Waals surface area contributed by atoms with Crippen molar-refractivity contribution in [2.24, 2.45) is 5.92 Å². The van der Waals surface area contributed by atoms with Crippen LogP contribution in [0.15, 0.2) is 60.7 Å². The summed E-state index contributed by atoms with van der Waals surface area (Å²) in [6.45, 7) is 0. The fourth-order valence-electron chi connectivity index (χ4n) is 3.78. The fraction of sp³-hybridized carbons (Fsp3) is 0.160. The standard InChI is InChI=1S/C25H18Cl5N3O4/c1-31-24(36)37-17-5-2-15(3-6-17)32-22(34)18-11-16(4-7-19(18)28)33-23(35)21-20(25(21,29)30)12-8-13(26)10-14(27)9-12/h2-11,20-21H,1H3,(H,31,36)(H,32,34)(H,33,35). The summed E-state index contributed by atoms with van der Waals surface area (Å²) in [5, 5.41) is 8.76. The molecule has 3 aromatic carbocycles. The topological polar surface area (TPSA) is 96.5 Å². The molecule has 3 N–H and O–H groups in total. The van der Waals surface area contributed by atoms with Gasteiger partial charge in [0.25, 0.3) is 5.91 Å². The molecule has 0 aliphatic heterocycles. The quantitative estimate of drug-likeness (QED) is 0.262. The van der Waals surface area contributed by atoms with Gasteiger partial charge in [0.15, 0.2) is 0 Å². The van der Waals surface area contributed by atoms with E-state index in [1.165, 1.54) is 31.3 Å². The van der Waals surface area contributed by atoms with Crippen LogP contribution >= 0.6 is 58.0 Å². The summed E-state index contributed by atoms with van der Waals surface area (Å²) in [4.78, 5) is 37.2. The van der Waals surface area contributed by atoms with E-state index in [1.807, 2.05) is 0 Å². The Morgan fingerprint density at radius 1 is 0.838 bits per heavy atom. The maximum atomic E-state index is 13.0. The number of ether oxygens (including phenoxy) is 1. The van der Waals surface area contributed by atoms with Gasteiger partial charge in [0.1, 0.15) is 10.1 Å². The minimum Gasteiger partial charge on any atom is -0.410 e. The smallest absolute Gasteiger partial charge is 0.410 e. The van der Waals surface area contributed by atoms with Gasteiger partial charge in [-0.25, -0.2) is 4.79 Å². The van der Waals surface area contributed by atoms with Gasteiger partial charge >= 0.3 is 6.09 Å². The highest BCUT2D eigenvalue weighted by atomic mass is 35.5. The summed E-state index contributed by atoms with van der Waals surface area (Å²) in [7, 11) is 1.44. The first-order chi connectivity index (χ1) is 17.5. The molecule has 0 bridgehead atoms. The van der Waals surface area contributed by atoms with Crippen LogP contribution < -0.4 is 20.7 Å². The molecule has 0 heterocycles. The SMILES string of the molecule is CNC(=O)Oc1ccc(NC(=O)c2cc(NC(=O)C3C(c4cc(Cl)cc(Cl)c4)C3(Cl)Cl)ccc2Cl)cc1. The molecule has 0 aromatic heterocycles. The van der Waals surface area contributed by atoms with Crippen molar-refractivity contribution in [3.63, 3.8) is 0 Å². The highest BCUT2D eigenvalue weighted by molar-refractivity contribution is 6.53. The predicted octanol–water partition coefficient (Wildman–Crippen LogP) is 7.14. The van der Waals surface area contributed by atoms with Gasteiger partial charge in [-0.3, -0.25) is 9.59 Å². The summed E-state index contributed by atoms with van der Waals surface area (Å²) < 4.78 is 3.66. The number of rotatable bonds is 6. The average Bonchev–Trinajstić information content (AvgIpc) is 3.42. The number of carbonyl (C=O) groups excluding carboxylic acids is 3. The number of amides is 3. The minimum atomic E-state index is -1.35. The van der Waals surface area contributed by atoms with Crippen LogP contribution in [-0.4, -0.2) is 29.3 Å². The molecule has 2 atom stereocenters. The molecular formula is C25H18Cl5N3O4. The molecular weight excluding hydrogens is 584 g/mol. The van der Waals surface area contributed by atoms with Crippen LogP contribution in [0.3, 0.4) is 0 Å². The van der Waals surface area contributed by atoms with Gasteiger partial charge in [-0.1, -0.05) is 34.8 Å². The van der Waals surface area contributed by atoms with Crippen LogP contribution in [0.4, 0.5) is 16.2 Å². The second kappa shape index (κ2) is 11.0. The molecule has 1 fully saturated rings. The van der Waals surface area contributed by atoms with E-state index in [1.54, 1.807) is 36.4 Å². The molecule has 3 amide bonds. The Kier molecular flexibility index (Phi) is 8.11. The van der Waals surface area contributed by atoms with Gasteiger partial charge in [-0.05, 0) is 66.2 Å². The first-order valence-electron chi connectivity index (χ1n) is 10.7. The Bertz CT molecular complexity index is 1360. The van der Waals surface area contributed by atoms with E-state index in [2.05, 4.69) is 16.0 Å². The third kappa shape index (κ3) is 6.25. The van der Waals surface area contributed by atoms with Crippen molar-refractivity contribution in [2.45, 2.75) is 10.3 Å². The Hall–Kier alpha value is -2.68. The monoisotopic (exact) mass is 599 g/mol. The molecule has 37 heavy (non-hydrogen) atoms. The van der Waals surface area contributed by atoms with Crippen LogP contribution in [0, 0.1) is 5.92 Å². The maximum absolute atomic E-state index is 13.0.